The third kappa shape index (κ3) is 7.94. The molecule has 2 rings (SSSR count). The molecule has 0 fully saturated rings. The second kappa shape index (κ2) is 13.0. The lowest BCUT2D eigenvalue weighted by Gasteiger charge is -2.11. The Balaban J connectivity index is 1.69. The minimum atomic E-state index is 0.738. The zero-order valence-electron chi connectivity index (χ0n) is 18.6. The largest absolute Gasteiger partial charge is 0.493 e. The van der Waals surface area contributed by atoms with Gasteiger partial charge in [-0.3, -0.25) is 0 Å². The first-order valence-electron chi connectivity index (χ1n) is 11.4. The number of aryl methyl sites for hydroxylation is 2. The van der Waals surface area contributed by atoms with Crippen LogP contribution >= 0.6 is 0 Å². The van der Waals surface area contributed by atoms with E-state index >= 15 is 0 Å². The van der Waals surface area contributed by atoms with Gasteiger partial charge in [-0.05, 0) is 60.7 Å². The number of hydrogen-bond donors (Lipinski definition) is 0. The highest BCUT2D eigenvalue weighted by Gasteiger charge is 2.05. The summed E-state index contributed by atoms with van der Waals surface area (Å²) in [7, 11) is 0. The highest BCUT2D eigenvalue weighted by Crippen LogP contribution is 2.27. The van der Waals surface area contributed by atoms with Crippen molar-refractivity contribution < 1.29 is 4.74 Å². The Hall–Kier alpha value is -2.27. The van der Waals surface area contributed by atoms with Crippen LogP contribution in [0.2, 0.25) is 0 Å². The number of hydrogen-bond acceptors (Lipinski definition) is 2. The highest BCUT2D eigenvalue weighted by molar-refractivity contribution is 5.67. The van der Waals surface area contributed by atoms with Crippen LogP contribution in [0.3, 0.4) is 0 Å². The van der Waals surface area contributed by atoms with Crippen LogP contribution in [0.1, 0.15) is 87.8 Å². The molecule has 0 spiro atoms. The molecular weight excluding hydrogens is 354 g/mol. The molecule has 156 valence electrons. The van der Waals surface area contributed by atoms with Crippen molar-refractivity contribution in [3.8, 4) is 22.9 Å². The van der Waals surface area contributed by atoms with Gasteiger partial charge in [-0.15, -0.1) is 0 Å². The van der Waals surface area contributed by atoms with Crippen molar-refractivity contribution in [1.82, 2.24) is 0 Å². The first kappa shape index (κ1) is 23.0. The number of unbranched alkanes of at least 4 members (excludes halogenated alkanes) is 9. The molecule has 0 heterocycles. The van der Waals surface area contributed by atoms with E-state index in [1.807, 2.05) is 19.1 Å². The molecule has 0 N–H and O–H groups in total. The van der Waals surface area contributed by atoms with E-state index < -0.39 is 0 Å². The Morgan fingerprint density at radius 1 is 0.724 bits per heavy atom. The molecule has 0 saturated carbocycles. The Morgan fingerprint density at radius 3 is 1.83 bits per heavy atom. The minimum absolute atomic E-state index is 0.738. The highest BCUT2D eigenvalue weighted by atomic mass is 16.5. The lowest BCUT2D eigenvalue weighted by Crippen LogP contribution is -1.99. The fourth-order valence-corrected chi connectivity index (χ4v) is 3.73. The summed E-state index contributed by atoms with van der Waals surface area (Å²) in [6, 6.07) is 14.6. The maximum absolute atomic E-state index is 9.10. The Labute approximate surface area is 177 Å². The molecule has 0 aromatic heterocycles. The lowest BCUT2D eigenvalue weighted by atomic mass is 9.99. The molecule has 0 radical (unpaired) electrons. The zero-order chi connectivity index (χ0) is 20.9. The van der Waals surface area contributed by atoms with Crippen LogP contribution in [-0.4, -0.2) is 6.61 Å². The summed E-state index contributed by atoms with van der Waals surface area (Å²) in [6.45, 7) is 7.16. The van der Waals surface area contributed by atoms with E-state index in [2.05, 4.69) is 44.2 Å². The molecule has 0 amide bonds. The summed E-state index contributed by atoms with van der Waals surface area (Å²) in [6.07, 6.45) is 13.4. The smallest absolute Gasteiger partial charge is 0.122 e. The number of benzene rings is 2. The van der Waals surface area contributed by atoms with E-state index in [9.17, 15) is 0 Å². The maximum atomic E-state index is 9.10. The predicted octanol–water partition coefficient (Wildman–Crippen LogP) is 8.14. The zero-order valence-corrected chi connectivity index (χ0v) is 18.6. The lowest BCUT2D eigenvalue weighted by molar-refractivity contribution is 0.302. The fourth-order valence-electron chi connectivity index (χ4n) is 3.73. The molecular formula is C27H37NO. The Bertz CT molecular complexity index is 788. The predicted molar refractivity (Wildman–Crippen MR) is 123 cm³/mol. The first-order valence-corrected chi connectivity index (χ1v) is 11.4. The molecule has 0 atom stereocenters. The number of nitriles is 1. The van der Waals surface area contributed by atoms with Crippen molar-refractivity contribution in [3.63, 3.8) is 0 Å². The average Bonchev–Trinajstić information content (AvgIpc) is 2.73. The van der Waals surface area contributed by atoms with Crippen molar-refractivity contribution in [2.24, 2.45) is 0 Å². The molecule has 0 saturated heterocycles. The van der Waals surface area contributed by atoms with Gasteiger partial charge in [-0.2, -0.15) is 5.26 Å². The van der Waals surface area contributed by atoms with Crippen molar-refractivity contribution in [1.29, 1.82) is 5.26 Å². The standard InChI is InChI=1S/C27H37NO/c1-4-5-6-7-8-9-10-11-12-13-18-29-27-17-16-25(20-23(27)3)24-14-15-26(21-28)22(2)19-24/h14-17,19-20H,4-13,18H2,1-3H3. The van der Waals surface area contributed by atoms with Crippen LogP contribution in [-0.2, 0) is 0 Å². The van der Waals surface area contributed by atoms with E-state index in [0.29, 0.717) is 0 Å². The van der Waals surface area contributed by atoms with Crippen molar-refractivity contribution in [3.05, 3.63) is 53.1 Å². The summed E-state index contributed by atoms with van der Waals surface area (Å²) in [4.78, 5) is 0. The maximum Gasteiger partial charge on any atom is 0.122 e. The topological polar surface area (TPSA) is 33.0 Å². The fraction of sp³-hybridized carbons (Fsp3) is 0.519. The van der Waals surface area contributed by atoms with Gasteiger partial charge in [0.25, 0.3) is 0 Å². The van der Waals surface area contributed by atoms with Gasteiger partial charge in [0.2, 0.25) is 0 Å². The quantitative estimate of drug-likeness (QED) is 0.323. The molecule has 0 aliphatic carbocycles. The van der Waals surface area contributed by atoms with Crippen LogP contribution in [0.15, 0.2) is 36.4 Å². The summed E-state index contributed by atoms with van der Waals surface area (Å²) in [5.74, 6) is 0.982. The summed E-state index contributed by atoms with van der Waals surface area (Å²) in [5.41, 5.74) is 5.23. The van der Waals surface area contributed by atoms with Gasteiger partial charge >= 0.3 is 0 Å². The molecule has 29 heavy (non-hydrogen) atoms. The van der Waals surface area contributed by atoms with Gasteiger partial charge in [-0.25, -0.2) is 0 Å². The number of rotatable bonds is 13. The number of nitrogens with zero attached hydrogens (tertiary/aromatic N) is 1. The van der Waals surface area contributed by atoms with Crippen molar-refractivity contribution >= 4 is 0 Å². The van der Waals surface area contributed by atoms with Crippen LogP contribution in [0.4, 0.5) is 0 Å². The van der Waals surface area contributed by atoms with E-state index in [4.69, 9.17) is 10.00 Å². The van der Waals surface area contributed by atoms with Crippen LogP contribution in [0.25, 0.3) is 11.1 Å². The molecule has 2 heteroatoms. The SMILES string of the molecule is CCCCCCCCCCCCOc1ccc(-c2ccc(C#N)c(C)c2)cc1C. The third-order valence-electron chi connectivity index (χ3n) is 5.61. The van der Waals surface area contributed by atoms with Gasteiger partial charge in [0.05, 0.1) is 18.2 Å². The van der Waals surface area contributed by atoms with Crippen molar-refractivity contribution in [2.75, 3.05) is 6.61 Å². The Kier molecular flexibility index (Phi) is 10.4. The van der Waals surface area contributed by atoms with Crippen molar-refractivity contribution in [2.45, 2.75) is 85.0 Å². The molecule has 0 aliphatic heterocycles. The second-order valence-electron chi connectivity index (χ2n) is 8.15. The molecule has 2 aromatic rings. The molecule has 0 unspecified atom stereocenters. The van der Waals surface area contributed by atoms with Gasteiger partial charge in [0.15, 0.2) is 0 Å². The monoisotopic (exact) mass is 391 g/mol. The molecule has 2 nitrogen and oxygen atoms in total. The molecule has 0 bridgehead atoms. The van der Waals surface area contributed by atoms with Gasteiger partial charge in [-0.1, -0.05) is 82.9 Å². The van der Waals surface area contributed by atoms with Gasteiger partial charge in [0, 0.05) is 0 Å². The van der Waals surface area contributed by atoms with E-state index in [1.54, 1.807) is 0 Å². The normalized spacial score (nSPS) is 10.7. The summed E-state index contributed by atoms with van der Waals surface area (Å²) < 4.78 is 6.02. The van der Waals surface area contributed by atoms with Gasteiger partial charge < -0.3 is 4.74 Å². The first-order chi connectivity index (χ1) is 14.2. The van der Waals surface area contributed by atoms with Crippen LogP contribution in [0, 0.1) is 25.2 Å². The van der Waals surface area contributed by atoms with Gasteiger partial charge in [0.1, 0.15) is 5.75 Å². The van der Waals surface area contributed by atoms with E-state index in [-0.39, 0.29) is 0 Å². The van der Waals surface area contributed by atoms with Crippen LogP contribution in [0.5, 0.6) is 5.75 Å². The molecule has 0 aliphatic rings. The van der Waals surface area contributed by atoms with E-state index in [0.717, 1.165) is 41.0 Å². The summed E-state index contributed by atoms with van der Waals surface area (Å²) in [5, 5.41) is 9.10. The van der Waals surface area contributed by atoms with E-state index in [1.165, 1.54) is 63.4 Å². The van der Waals surface area contributed by atoms with Crippen LogP contribution < -0.4 is 4.74 Å². The summed E-state index contributed by atoms with van der Waals surface area (Å²) >= 11 is 0. The number of ether oxygens (including phenoxy) is 1. The Morgan fingerprint density at radius 2 is 1.28 bits per heavy atom. The minimum Gasteiger partial charge on any atom is -0.493 e. The average molecular weight is 392 g/mol. The molecule has 2 aromatic carbocycles. The third-order valence-corrected chi connectivity index (χ3v) is 5.61. The second-order valence-corrected chi connectivity index (χ2v) is 8.15.